The van der Waals surface area contributed by atoms with E-state index in [4.69, 9.17) is 16.3 Å². The van der Waals surface area contributed by atoms with Crippen molar-refractivity contribution in [3.05, 3.63) is 93.1 Å². The molecule has 0 aliphatic carbocycles. The number of methoxy groups -OCH3 is 1. The maximum atomic E-state index is 13.0. The molecule has 156 valence electrons. The average molecular weight is 500 g/mol. The van der Waals surface area contributed by atoms with Gasteiger partial charge in [-0.2, -0.15) is 0 Å². The minimum absolute atomic E-state index is 0.0257. The molecule has 1 fully saturated rings. The van der Waals surface area contributed by atoms with Crippen molar-refractivity contribution >= 4 is 50.8 Å². The highest BCUT2D eigenvalue weighted by Gasteiger charge is 2.47. The quantitative estimate of drug-likeness (QED) is 0.306. The lowest BCUT2D eigenvalue weighted by molar-refractivity contribution is -0.132. The number of ether oxygens (including phenoxy) is 1. The van der Waals surface area contributed by atoms with Crippen LogP contribution >= 0.6 is 27.5 Å². The Hall–Kier alpha value is -3.16. The molecule has 8 heteroatoms. The second-order valence-electron chi connectivity index (χ2n) is 6.78. The first-order valence-corrected chi connectivity index (χ1v) is 10.4. The van der Waals surface area contributed by atoms with Gasteiger partial charge in [0.15, 0.2) is 0 Å². The molecular weight excluding hydrogens is 484 g/mol. The lowest BCUT2D eigenvalue weighted by Gasteiger charge is -2.24. The Morgan fingerprint density at radius 3 is 2.32 bits per heavy atom. The lowest BCUT2D eigenvalue weighted by Crippen LogP contribution is -2.30. The predicted octanol–water partition coefficient (Wildman–Crippen LogP) is 5.13. The molecule has 3 aromatic rings. The van der Waals surface area contributed by atoms with E-state index in [0.29, 0.717) is 27.7 Å². The third-order valence-electron chi connectivity index (χ3n) is 4.95. The van der Waals surface area contributed by atoms with E-state index in [1.54, 1.807) is 74.0 Å². The highest BCUT2D eigenvalue weighted by Crippen LogP contribution is 2.42. The number of amides is 1. The molecule has 2 aromatic carbocycles. The van der Waals surface area contributed by atoms with E-state index in [1.807, 2.05) is 0 Å². The summed E-state index contributed by atoms with van der Waals surface area (Å²) in [4.78, 5) is 31.7. The van der Waals surface area contributed by atoms with Crippen LogP contribution in [0.25, 0.3) is 5.76 Å². The van der Waals surface area contributed by atoms with Crippen molar-refractivity contribution < 1.29 is 19.4 Å². The van der Waals surface area contributed by atoms with E-state index in [0.717, 1.165) is 4.47 Å². The molecule has 2 heterocycles. The summed E-state index contributed by atoms with van der Waals surface area (Å²) >= 11 is 9.27. The summed E-state index contributed by atoms with van der Waals surface area (Å²) in [7, 11) is 1.55. The van der Waals surface area contributed by atoms with Crippen molar-refractivity contribution in [3.63, 3.8) is 0 Å². The minimum atomic E-state index is -0.866. The Kier molecular flexibility index (Phi) is 5.80. The van der Waals surface area contributed by atoms with Gasteiger partial charge in [0, 0.05) is 21.3 Å². The van der Waals surface area contributed by atoms with Crippen molar-refractivity contribution in [1.82, 2.24) is 4.98 Å². The molecule has 0 spiro atoms. The van der Waals surface area contributed by atoms with Crippen LogP contribution in [0.1, 0.15) is 17.2 Å². The minimum Gasteiger partial charge on any atom is -0.507 e. The summed E-state index contributed by atoms with van der Waals surface area (Å²) in [6.07, 6.45) is 1.54. The zero-order chi connectivity index (χ0) is 22.1. The Balaban J connectivity index is 1.92. The van der Waals surface area contributed by atoms with Crippen molar-refractivity contribution in [2.24, 2.45) is 0 Å². The molecule has 1 amide bonds. The normalized spacial score (nSPS) is 17.8. The standard InChI is InChI=1S/C23H16BrClN2O4/c1-31-17-9-4-13(5-10-17)20-19(21(28)14-2-7-16(25)8-3-14)22(29)23(30)27(20)18-11-6-15(24)12-26-18/h2-12,20,28H,1H3/t20-/m0/s1. The van der Waals surface area contributed by atoms with Gasteiger partial charge in [-0.25, -0.2) is 4.98 Å². The number of ketones is 1. The fourth-order valence-electron chi connectivity index (χ4n) is 3.44. The third-order valence-corrected chi connectivity index (χ3v) is 5.67. The van der Waals surface area contributed by atoms with Crippen LogP contribution in [0.4, 0.5) is 5.82 Å². The Labute approximate surface area is 191 Å². The predicted molar refractivity (Wildman–Crippen MR) is 121 cm³/mol. The molecule has 4 rings (SSSR count). The van der Waals surface area contributed by atoms with Gasteiger partial charge in [-0.1, -0.05) is 23.7 Å². The summed E-state index contributed by atoms with van der Waals surface area (Å²) in [5.74, 6) is -0.930. The molecule has 6 nitrogen and oxygen atoms in total. The number of Topliss-reactive ketones (excluding diaryl/α,β-unsaturated/α-hetero) is 1. The molecule has 1 atom stereocenters. The first kappa shape index (κ1) is 21.1. The van der Waals surface area contributed by atoms with Crippen molar-refractivity contribution in [2.75, 3.05) is 12.0 Å². The number of anilines is 1. The van der Waals surface area contributed by atoms with E-state index < -0.39 is 17.7 Å². The summed E-state index contributed by atoms with van der Waals surface area (Å²) in [6.45, 7) is 0. The smallest absolute Gasteiger partial charge is 0.301 e. The van der Waals surface area contributed by atoms with Crippen LogP contribution in [0, 0.1) is 0 Å². The van der Waals surface area contributed by atoms with Gasteiger partial charge < -0.3 is 9.84 Å². The SMILES string of the molecule is COc1ccc([C@H]2C(=C(O)c3ccc(Cl)cc3)C(=O)C(=O)N2c2ccc(Br)cn2)cc1. The number of rotatable bonds is 4. The number of aliphatic hydroxyl groups excluding tert-OH is 1. The number of pyridine rings is 1. The summed E-state index contributed by atoms with van der Waals surface area (Å²) in [5.41, 5.74) is 0.979. The zero-order valence-electron chi connectivity index (χ0n) is 16.3. The highest BCUT2D eigenvalue weighted by atomic mass is 79.9. The van der Waals surface area contributed by atoms with Crippen molar-refractivity contribution in [1.29, 1.82) is 0 Å². The van der Waals surface area contributed by atoms with E-state index in [9.17, 15) is 14.7 Å². The number of hydrogen-bond donors (Lipinski definition) is 1. The number of carbonyl (C=O) groups is 2. The average Bonchev–Trinajstić information content (AvgIpc) is 3.05. The van der Waals surface area contributed by atoms with Crippen LogP contribution in [-0.2, 0) is 9.59 Å². The molecule has 1 aliphatic heterocycles. The Morgan fingerprint density at radius 1 is 1.06 bits per heavy atom. The van der Waals surface area contributed by atoms with Gasteiger partial charge >= 0.3 is 5.91 Å². The second-order valence-corrected chi connectivity index (χ2v) is 8.14. The topological polar surface area (TPSA) is 79.7 Å². The molecule has 0 bridgehead atoms. The summed E-state index contributed by atoms with van der Waals surface area (Å²) in [5, 5.41) is 11.5. The van der Waals surface area contributed by atoms with Gasteiger partial charge in [0.2, 0.25) is 0 Å². The molecule has 0 radical (unpaired) electrons. The molecule has 31 heavy (non-hydrogen) atoms. The van der Waals surface area contributed by atoms with E-state index >= 15 is 0 Å². The van der Waals surface area contributed by atoms with E-state index in [1.165, 1.54) is 4.90 Å². The van der Waals surface area contributed by atoms with E-state index in [2.05, 4.69) is 20.9 Å². The largest absolute Gasteiger partial charge is 0.507 e. The van der Waals surface area contributed by atoms with Crippen LogP contribution in [0.5, 0.6) is 5.75 Å². The third kappa shape index (κ3) is 3.94. The number of aromatic nitrogens is 1. The summed E-state index contributed by atoms with van der Waals surface area (Å²) in [6, 6.07) is 15.8. The Morgan fingerprint density at radius 2 is 1.74 bits per heavy atom. The number of halogens is 2. The Bertz CT molecular complexity index is 1180. The number of aliphatic hydroxyl groups is 1. The van der Waals surface area contributed by atoms with Crippen molar-refractivity contribution in [2.45, 2.75) is 6.04 Å². The maximum absolute atomic E-state index is 13.0. The molecule has 1 N–H and O–H groups in total. The monoisotopic (exact) mass is 498 g/mol. The van der Waals surface area contributed by atoms with Gasteiger partial charge in [-0.15, -0.1) is 0 Å². The molecule has 0 unspecified atom stereocenters. The van der Waals surface area contributed by atoms with Crippen LogP contribution in [0.15, 0.2) is 76.9 Å². The first-order chi connectivity index (χ1) is 14.9. The van der Waals surface area contributed by atoms with E-state index in [-0.39, 0.29) is 11.3 Å². The van der Waals surface area contributed by atoms with Crippen molar-refractivity contribution in [3.8, 4) is 5.75 Å². The number of carbonyl (C=O) groups excluding carboxylic acids is 2. The molecule has 1 aromatic heterocycles. The van der Waals surface area contributed by atoms with Crippen LogP contribution in [0.2, 0.25) is 5.02 Å². The number of hydrogen-bond acceptors (Lipinski definition) is 5. The lowest BCUT2D eigenvalue weighted by atomic mass is 9.95. The van der Waals surface area contributed by atoms with Gasteiger partial charge in [0.25, 0.3) is 5.78 Å². The summed E-state index contributed by atoms with van der Waals surface area (Å²) < 4.78 is 5.95. The fourth-order valence-corrected chi connectivity index (χ4v) is 3.80. The van der Waals surface area contributed by atoms with Crippen LogP contribution in [-0.4, -0.2) is 28.9 Å². The number of nitrogens with zero attached hydrogens (tertiary/aromatic N) is 2. The molecule has 1 saturated heterocycles. The maximum Gasteiger partial charge on any atom is 0.301 e. The zero-order valence-corrected chi connectivity index (χ0v) is 18.6. The molecule has 1 aliphatic rings. The fraction of sp³-hybridized carbons (Fsp3) is 0.0870. The van der Waals surface area contributed by atoms with Gasteiger partial charge in [-0.3, -0.25) is 14.5 Å². The van der Waals surface area contributed by atoms with Crippen LogP contribution in [0.3, 0.4) is 0 Å². The number of benzene rings is 2. The van der Waals surface area contributed by atoms with Gasteiger partial charge in [0.1, 0.15) is 17.3 Å². The first-order valence-electron chi connectivity index (χ1n) is 9.23. The second kappa shape index (κ2) is 8.53. The molecule has 0 saturated carbocycles. The van der Waals surface area contributed by atoms with Crippen LogP contribution < -0.4 is 9.64 Å². The molecular formula is C23H16BrClN2O4. The van der Waals surface area contributed by atoms with Gasteiger partial charge in [-0.05, 0) is 70.0 Å². The highest BCUT2D eigenvalue weighted by molar-refractivity contribution is 9.10. The van der Waals surface area contributed by atoms with Gasteiger partial charge in [0.05, 0.1) is 18.7 Å².